The maximum Gasteiger partial charge on any atom is 0.268 e. The second kappa shape index (κ2) is 10.5. The summed E-state index contributed by atoms with van der Waals surface area (Å²) in [6, 6.07) is 20.0. The van der Waals surface area contributed by atoms with Gasteiger partial charge in [0.25, 0.3) is 10.0 Å². The number of ketones is 1. The first-order chi connectivity index (χ1) is 18.3. The summed E-state index contributed by atoms with van der Waals surface area (Å²) in [6.45, 7) is 2.16. The number of ether oxygens (including phenoxy) is 2. The normalized spacial score (nSPS) is 13.4. The minimum Gasteiger partial charge on any atom is -0.493 e. The Labute approximate surface area is 225 Å². The molecule has 4 aromatic rings. The number of benzene rings is 3. The highest BCUT2D eigenvalue weighted by Gasteiger charge is 2.36. The number of methoxy groups -OCH3 is 2. The zero-order chi connectivity index (χ0) is 26.9. The van der Waals surface area contributed by atoms with Crippen molar-refractivity contribution >= 4 is 33.3 Å². The van der Waals surface area contributed by atoms with Crippen molar-refractivity contribution in [3.63, 3.8) is 0 Å². The zero-order valence-corrected chi connectivity index (χ0v) is 22.7. The number of aromatic nitrogens is 2. The van der Waals surface area contributed by atoms with E-state index in [1.54, 1.807) is 24.3 Å². The smallest absolute Gasteiger partial charge is 0.268 e. The van der Waals surface area contributed by atoms with Crippen LogP contribution in [0, 0.1) is 6.92 Å². The molecule has 0 unspecified atom stereocenters. The number of aryl methyl sites for hydroxylation is 1. The zero-order valence-electron chi connectivity index (χ0n) is 21.0. The number of para-hydroxylation sites is 1. The molecule has 1 aromatic heterocycles. The molecule has 0 saturated carbocycles. The third-order valence-corrected chi connectivity index (χ3v) is 8.96. The standard InChI is InChI=1S/C28H25N3O5S2/c1-18-8-4-5-9-20(18)16-31-22-11-7-6-10-21(22)27-26(38(31,33)34)15-29-28(30-27)37-17-23(32)19-12-13-24(35-2)25(14-19)36-3/h4-15H,16-17H2,1-3H3. The van der Waals surface area contributed by atoms with Gasteiger partial charge in [0.2, 0.25) is 0 Å². The number of carbonyl (C=O) groups excluding carboxylic acids is 1. The third kappa shape index (κ3) is 4.72. The molecule has 10 heteroatoms. The molecule has 1 aliphatic heterocycles. The first-order valence-corrected chi connectivity index (χ1v) is 14.2. The summed E-state index contributed by atoms with van der Waals surface area (Å²) in [6.07, 6.45) is 1.33. The highest BCUT2D eigenvalue weighted by molar-refractivity contribution is 7.99. The SMILES string of the molecule is COc1ccc(C(=O)CSc2ncc3c(n2)-c2ccccc2N(Cc2ccccc2C)S3(=O)=O)cc1OC. The van der Waals surface area contributed by atoms with Gasteiger partial charge in [-0.2, -0.15) is 0 Å². The Kier molecular flexibility index (Phi) is 7.09. The lowest BCUT2D eigenvalue weighted by molar-refractivity contribution is 0.102. The van der Waals surface area contributed by atoms with E-state index in [9.17, 15) is 13.2 Å². The van der Waals surface area contributed by atoms with Crippen LogP contribution in [0.5, 0.6) is 11.5 Å². The topological polar surface area (TPSA) is 98.7 Å². The highest BCUT2D eigenvalue weighted by Crippen LogP contribution is 2.43. The largest absolute Gasteiger partial charge is 0.493 e. The first kappa shape index (κ1) is 25.7. The molecule has 0 radical (unpaired) electrons. The summed E-state index contributed by atoms with van der Waals surface area (Å²) in [7, 11) is -0.870. The summed E-state index contributed by atoms with van der Waals surface area (Å²) in [5, 5.41) is 0.315. The van der Waals surface area contributed by atoms with Gasteiger partial charge in [0.05, 0.1) is 44.1 Å². The number of hydrogen-bond acceptors (Lipinski definition) is 8. The number of fused-ring (bicyclic) bond motifs is 3. The monoisotopic (exact) mass is 547 g/mol. The molecule has 3 aromatic carbocycles. The number of rotatable bonds is 8. The van der Waals surface area contributed by atoms with Crippen LogP contribution in [0.1, 0.15) is 21.5 Å². The van der Waals surface area contributed by atoms with Crippen LogP contribution in [0.2, 0.25) is 0 Å². The van der Waals surface area contributed by atoms with Crippen LogP contribution < -0.4 is 13.8 Å². The minimum absolute atomic E-state index is 0.0420. The number of hydrogen-bond donors (Lipinski definition) is 0. The van der Waals surface area contributed by atoms with Crippen LogP contribution in [0.15, 0.2) is 83.0 Å². The Bertz CT molecular complexity index is 1640. The summed E-state index contributed by atoms with van der Waals surface area (Å²) < 4.78 is 39.4. The Morgan fingerprint density at radius 3 is 2.47 bits per heavy atom. The number of carbonyl (C=O) groups is 1. The van der Waals surface area contributed by atoms with Crippen molar-refractivity contribution < 1.29 is 22.7 Å². The molecule has 38 heavy (non-hydrogen) atoms. The van der Waals surface area contributed by atoms with Crippen LogP contribution in [0.3, 0.4) is 0 Å². The quantitative estimate of drug-likeness (QED) is 0.170. The van der Waals surface area contributed by atoms with Gasteiger partial charge in [0, 0.05) is 11.1 Å². The van der Waals surface area contributed by atoms with E-state index in [1.165, 1.54) is 24.7 Å². The fourth-order valence-corrected chi connectivity index (χ4v) is 6.54. The van der Waals surface area contributed by atoms with Crippen molar-refractivity contribution in [3.05, 3.63) is 89.6 Å². The van der Waals surface area contributed by atoms with Crippen molar-refractivity contribution in [2.24, 2.45) is 0 Å². The van der Waals surface area contributed by atoms with Gasteiger partial charge in [0.15, 0.2) is 22.4 Å². The molecule has 0 amide bonds. The lowest BCUT2D eigenvalue weighted by atomic mass is 10.1. The molecule has 0 N–H and O–H groups in total. The summed E-state index contributed by atoms with van der Waals surface area (Å²) >= 11 is 1.15. The van der Waals surface area contributed by atoms with Crippen molar-refractivity contribution in [1.29, 1.82) is 0 Å². The van der Waals surface area contributed by atoms with Gasteiger partial charge in [-0.05, 0) is 42.3 Å². The predicted octanol–water partition coefficient (Wildman–Crippen LogP) is 5.15. The predicted molar refractivity (Wildman–Crippen MR) is 147 cm³/mol. The fourth-order valence-electron chi connectivity index (χ4n) is 4.28. The molecule has 2 heterocycles. The van der Waals surface area contributed by atoms with E-state index in [-0.39, 0.29) is 23.0 Å². The van der Waals surface area contributed by atoms with Crippen LogP contribution in [0.4, 0.5) is 5.69 Å². The number of Topliss-reactive ketones (excluding diaryl/α,β-unsaturated/α-hetero) is 1. The van der Waals surface area contributed by atoms with E-state index in [2.05, 4.69) is 9.97 Å². The van der Waals surface area contributed by atoms with E-state index < -0.39 is 10.0 Å². The Morgan fingerprint density at radius 1 is 0.974 bits per heavy atom. The second-order valence-corrected chi connectivity index (χ2v) is 11.4. The van der Waals surface area contributed by atoms with Gasteiger partial charge in [-0.3, -0.25) is 9.10 Å². The molecular formula is C28H25N3O5S2. The van der Waals surface area contributed by atoms with Gasteiger partial charge in [-0.1, -0.05) is 54.2 Å². The van der Waals surface area contributed by atoms with E-state index in [4.69, 9.17) is 9.47 Å². The first-order valence-electron chi connectivity index (χ1n) is 11.7. The van der Waals surface area contributed by atoms with Crippen molar-refractivity contribution in [1.82, 2.24) is 9.97 Å². The Hall–Kier alpha value is -3.89. The van der Waals surface area contributed by atoms with Crippen molar-refractivity contribution in [2.75, 3.05) is 24.3 Å². The summed E-state index contributed by atoms with van der Waals surface area (Å²) in [4.78, 5) is 21.8. The molecule has 0 bridgehead atoms. The van der Waals surface area contributed by atoms with Crippen LogP contribution >= 0.6 is 11.8 Å². The van der Waals surface area contributed by atoms with Crippen molar-refractivity contribution in [2.45, 2.75) is 23.5 Å². The fraction of sp³-hybridized carbons (Fsp3) is 0.179. The molecule has 8 nitrogen and oxygen atoms in total. The maximum atomic E-state index is 13.7. The van der Waals surface area contributed by atoms with Gasteiger partial charge in [-0.25, -0.2) is 18.4 Å². The second-order valence-electron chi connectivity index (χ2n) is 8.60. The van der Waals surface area contributed by atoms with E-state index in [0.29, 0.717) is 39.2 Å². The average Bonchev–Trinajstić information content (AvgIpc) is 2.94. The summed E-state index contributed by atoms with van der Waals surface area (Å²) in [5.41, 5.74) is 3.97. The maximum absolute atomic E-state index is 13.7. The van der Waals surface area contributed by atoms with Crippen LogP contribution in [-0.2, 0) is 16.6 Å². The molecule has 0 atom stereocenters. The summed E-state index contributed by atoms with van der Waals surface area (Å²) in [5.74, 6) is 0.924. The molecule has 1 aliphatic rings. The van der Waals surface area contributed by atoms with E-state index >= 15 is 0 Å². The van der Waals surface area contributed by atoms with Crippen LogP contribution in [-0.4, -0.2) is 44.1 Å². The molecule has 0 spiro atoms. The van der Waals surface area contributed by atoms with E-state index in [1.807, 2.05) is 49.4 Å². The van der Waals surface area contributed by atoms with Gasteiger partial charge >= 0.3 is 0 Å². The Balaban J connectivity index is 1.44. The lowest BCUT2D eigenvalue weighted by Gasteiger charge is -2.31. The van der Waals surface area contributed by atoms with Gasteiger partial charge in [-0.15, -0.1) is 0 Å². The number of thioether (sulfide) groups is 1. The molecule has 194 valence electrons. The number of sulfonamides is 1. The Morgan fingerprint density at radius 2 is 1.71 bits per heavy atom. The lowest BCUT2D eigenvalue weighted by Crippen LogP contribution is -2.34. The van der Waals surface area contributed by atoms with Gasteiger partial charge < -0.3 is 9.47 Å². The van der Waals surface area contributed by atoms with E-state index in [0.717, 1.165) is 22.9 Å². The minimum atomic E-state index is -3.91. The molecule has 5 rings (SSSR count). The number of nitrogens with zero attached hydrogens (tertiary/aromatic N) is 3. The molecular weight excluding hydrogens is 522 g/mol. The van der Waals surface area contributed by atoms with Crippen LogP contribution in [0.25, 0.3) is 11.3 Å². The molecule has 0 fully saturated rings. The highest BCUT2D eigenvalue weighted by atomic mass is 32.2. The third-order valence-electron chi connectivity index (χ3n) is 6.34. The molecule has 0 aliphatic carbocycles. The average molecular weight is 548 g/mol. The van der Waals surface area contributed by atoms with Crippen molar-refractivity contribution in [3.8, 4) is 22.8 Å². The molecule has 0 saturated heterocycles. The number of anilines is 1. The van der Waals surface area contributed by atoms with Gasteiger partial charge in [0.1, 0.15) is 4.90 Å².